The third kappa shape index (κ3) is 3.27. The molecule has 3 rings (SSSR count). The van der Waals surface area contributed by atoms with Crippen molar-refractivity contribution in [3.63, 3.8) is 0 Å². The fraction of sp³-hybridized carbons (Fsp3) is 0.188. The second-order valence-corrected chi connectivity index (χ2v) is 5.66. The lowest BCUT2D eigenvalue weighted by molar-refractivity contribution is 0.102. The number of carbonyl (C=O) groups is 1. The SMILES string of the molecule is Cc1cc(NC(=O)c2nc[nH]c2C)n(Cc2ccccc2Cl)n1. The van der Waals surface area contributed by atoms with E-state index in [4.69, 9.17) is 11.6 Å². The van der Waals surface area contributed by atoms with E-state index in [1.54, 1.807) is 11.6 Å². The zero-order chi connectivity index (χ0) is 16.4. The summed E-state index contributed by atoms with van der Waals surface area (Å²) in [6.07, 6.45) is 1.50. The number of halogens is 1. The highest BCUT2D eigenvalue weighted by atomic mass is 35.5. The number of hydrogen-bond donors (Lipinski definition) is 2. The minimum Gasteiger partial charge on any atom is -0.348 e. The first-order valence-corrected chi connectivity index (χ1v) is 7.51. The maximum atomic E-state index is 12.3. The Balaban J connectivity index is 1.85. The van der Waals surface area contributed by atoms with Gasteiger partial charge in [-0.1, -0.05) is 29.8 Å². The standard InChI is InChI=1S/C16H16ClN5O/c1-10-7-14(20-16(23)15-11(2)18-9-19-15)22(21-10)8-12-5-3-4-6-13(12)17/h3-7,9H,8H2,1-2H3,(H,18,19)(H,20,23). The van der Waals surface area contributed by atoms with Gasteiger partial charge in [0.2, 0.25) is 0 Å². The summed E-state index contributed by atoms with van der Waals surface area (Å²) < 4.78 is 1.72. The molecule has 0 saturated carbocycles. The highest BCUT2D eigenvalue weighted by Crippen LogP contribution is 2.19. The molecule has 1 amide bonds. The highest BCUT2D eigenvalue weighted by molar-refractivity contribution is 6.31. The minimum absolute atomic E-state index is 0.274. The second kappa shape index (κ2) is 6.26. The predicted octanol–water partition coefficient (Wildman–Crippen LogP) is 3.18. The summed E-state index contributed by atoms with van der Waals surface area (Å²) in [6.45, 7) is 4.15. The van der Waals surface area contributed by atoms with E-state index in [9.17, 15) is 4.79 Å². The first kappa shape index (κ1) is 15.3. The molecule has 7 heteroatoms. The number of carbonyl (C=O) groups excluding carboxylic acids is 1. The molecule has 0 spiro atoms. The molecule has 3 aromatic rings. The molecule has 1 aromatic carbocycles. The Hall–Kier alpha value is -2.60. The average Bonchev–Trinajstić information content (AvgIpc) is 3.07. The minimum atomic E-state index is -0.274. The van der Waals surface area contributed by atoms with Crippen molar-refractivity contribution in [3.05, 3.63) is 64.3 Å². The largest absolute Gasteiger partial charge is 0.348 e. The van der Waals surface area contributed by atoms with Crippen molar-refractivity contribution in [2.45, 2.75) is 20.4 Å². The molecule has 0 radical (unpaired) electrons. The summed E-state index contributed by atoms with van der Waals surface area (Å²) in [7, 11) is 0. The van der Waals surface area contributed by atoms with Crippen LogP contribution in [-0.2, 0) is 6.54 Å². The fourth-order valence-electron chi connectivity index (χ4n) is 2.32. The zero-order valence-electron chi connectivity index (χ0n) is 12.8. The number of anilines is 1. The van der Waals surface area contributed by atoms with E-state index in [1.807, 2.05) is 37.3 Å². The summed E-state index contributed by atoms with van der Waals surface area (Å²) in [4.78, 5) is 19.2. The number of rotatable bonds is 4. The Bertz CT molecular complexity index is 852. The quantitative estimate of drug-likeness (QED) is 0.772. The van der Waals surface area contributed by atoms with Crippen LogP contribution in [0.25, 0.3) is 0 Å². The number of aromatic amines is 1. The van der Waals surface area contributed by atoms with Crippen LogP contribution < -0.4 is 5.32 Å². The van der Waals surface area contributed by atoms with Crippen LogP contribution in [0.1, 0.15) is 27.4 Å². The molecule has 118 valence electrons. The van der Waals surface area contributed by atoms with Gasteiger partial charge in [-0.05, 0) is 25.5 Å². The number of aryl methyl sites for hydroxylation is 2. The number of benzene rings is 1. The Labute approximate surface area is 138 Å². The molecule has 23 heavy (non-hydrogen) atoms. The number of aromatic nitrogens is 4. The van der Waals surface area contributed by atoms with Crippen LogP contribution in [0, 0.1) is 13.8 Å². The summed E-state index contributed by atoms with van der Waals surface area (Å²) in [5, 5.41) is 7.94. The number of nitrogens with zero attached hydrogens (tertiary/aromatic N) is 3. The topological polar surface area (TPSA) is 75.6 Å². The van der Waals surface area contributed by atoms with E-state index in [0.717, 1.165) is 17.0 Å². The van der Waals surface area contributed by atoms with Crippen molar-refractivity contribution in [3.8, 4) is 0 Å². The van der Waals surface area contributed by atoms with Gasteiger partial charge in [-0.2, -0.15) is 5.10 Å². The summed E-state index contributed by atoms with van der Waals surface area (Å²) in [6, 6.07) is 9.38. The first-order valence-electron chi connectivity index (χ1n) is 7.14. The van der Waals surface area contributed by atoms with Crippen LogP contribution in [0.4, 0.5) is 5.82 Å². The Kier molecular flexibility index (Phi) is 4.16. The van der Waals surface area contributed by atoms with Crippen molar-refractivity contribution >= 4 is 23.3 Å². The van der Waals surface area contributed by atoms with Crippen molar-refractivity contribution < 1.29 is 4.79 Å². The second-order valence-electron chi connectivity index (χ2n) is 5.25. The molecule has 0 atom stereocenters. The van der Waals surface area contributed by atoms with Crippen molar-refractivity contribution in [1.82, 2.24) is 19.7 Å². The van der Waals surface area contributed by atoms with Crippen molar-refractivity contribution in [2.75, 3.05) is 5.32 Å². The lowest BCUT2D eigenvalue weighted by Crippen LogP contribution is -2.17. The van der Waals surface area contributed by atoms with Gasteiger partial charge in [0.05, 0.1) is 18.6 Å². The van der Waals surface area contributed by atoms with E-state index in [-0.39, 0.29) is 5.91 Å². The monoisotopic (exact) mass is 329 g/mol. The average molecular weight is 330 g/mol. The van der Waals surface area contributed by atoms with Crippen LogP contribution in [0.5, 0.6) is 0 Å². The smallest absolute Gasteiger partial charge is 0.277 e. The molecule has 0 unspecified atom stereocenters. The van der Waals surface area contributed by atoms with Gasteiger partial charge < -0.3 is 10.3 Å². The normalized spacial score (nSPS) is 10.7. The van der Waals surface area contributed by atoms with Crippen LogP contribution in [0.2, 0.25) is 5.02 Å². The highest BCUT2D eigenvalue weighted by Gasteiger charge is 2.15. The summed E-state index contributed by atoms with van der Waals surface area (Å²) in [5.74, 6) is 0.332. The van der Waals surface area contributed by atoms with Crippen molar-refractivity contribution in [1.29, 1.82) is 0 Å². The summed E-state index contributed by atoms with van der Waals surface area (Å²) >= 11 is 6.20. The molecular weight excluding hydrogens is 314 g/mol. The third-order valence-corrected chi connectivity index (χ3v) is 3.84. The zero-order valence-corrected chi connectivity index (χ0v) is 13.6. The summed E-state index contributed by atoms with van der Waals surface area (Å²) in [5.41, 5.74) is 2.83. The molecule has 2 heterocycles. The molecule has 0 aliphatic rings. The van der Waals surface area contributed by atoms with Gasteiger partial charge in [0, 0.05) is 16.8 Å². The van der Waals surface area contributed by atoms with Crippen LogP contribution in [0.3, 0.4) is 0 Å². The number of hydrogen-bond acceptors (Lipinski definition) is 3. The molecule has 0 saturated heterocycles. The van der Waals surface area contributed by atoms with E-state index in [0.29, 0.717) is 23.1 Å². The molecule has 0 bridgehead atoms. The van der Waals surface area contributed by atoms with Crippen molar-refractivity contribution in [2.24, 2.45) is 0 Å². The van der Waals surface area contributed by atoms with Gasteiger partial charge in [0.15, 0.2) is 0 Å². The third-order valence-electron chi connectivity index (χ3n) is 3.47. The number of amides is 1. The molecule has 2 N–H and O–H groups in total. The Morgan fingerprint density at radius 3 is 2.83 bits per heavy atom. The molecule has 0 aliphatic heterocycles. The molecule has 0 aliphatic carbocycles. The Morgan fingerprint density at radius 1 is 1.35 bits per heavy atom. The van der Waals surface area contributed by atoms with Gasteiger partial charge >= 0.3 is 0 Å². The predicted molar refractivity (Wildman–Crippen MR) is 88.8 cm³/mol. The molecule has 2 aromatic heterocycles. The van der Waals surface area contributed by atoms with Gasteiger partial charge in [-0.15, -0.1) is 0 Å². The first-order chi connectivity index (χ1) is 11.0. The molecule has 0 fully saturated rings. The van der Waals surface area contributed by atoms with Crippen LogP contribution in [0.15, 0.2) is 36.7 Å². The van der Waals surface area contributed by atoms with Gasteiger partial charge in [-0.25, -0.2) is 9.67 Å². The van der Waals surface area contributed by atoms with Crippen LogP contribution >= 0.6 is 11.6 Å². The maximum Gasteiger partial charge on any atom is 0.277 e. The maximum absolute atomic E-state index is 12.3. The van der Waals surface area contributed by atoms with Crippen LogP contribution in [-0.4, -0.2) is 25.7 Å². The van der Waals surface area contributed by atoms with Gasteiger partial charge in [0.25, 0.3) is 5.91 Å². The molecular formula is C16H16ClN5O. The Morgan fingerprint density at radius 2 is 2.13 bits per heavy atom. The lowest BCUT2D eigenvalue weighted by Gasteiger charge is -2.09. The van der Waals surface area contributed by atoms with E-state index in [2.05, 4.69) is 20.4 Å². The lowest BCUT2D eigenvalue weighted by atomic mass is 10.2. The van der Waals surface area contributed by atoms with E-state index < -0.39 is 0 Å². The van der Waals surface area contributed by atoms with E-state index >= 15 is 0 Å². The number of imidazole rings is 1. The number of H-pyrrole nitrogens is 1. The molecule has 6 nitrogen and oxygen atoms in total. The van der Waals surface area contributed by atoms with Gasteiger partial charge in [-0.3, -0.25) is 4.79 Å². The number of nitrogens with one attached hydrogen (secondary N) is 2. The fourth-order valence-corrected chi connectivity index (χ4v) is 2.51. The van der Waals surface area contributed by atoms with E-state index in [1.165, 1.54) is 6.33 Å². The van der Waals surface area contributed by atoms with Gasteiger partial charge in [0.1, 0.15) is 11.5 Å².